The second-order valence-electron chi connectivity index (χ2n) is 4.46. The van der Waals surface area contributed by atoms with Gasteiger partial charge >= 0.3 is 0 Å². The van der Waals surface area contributed by atoms with Gasteiger partial charge in [-0.1, -0.05) is 31.8 Å². The summed E-state index contributed by atoms with van der Waals surface area (Å²) in [6, 6.07) is 0. The number of halogens is 1. The molecule has 1 aromatic rings. The Balaban J connectivity index is 2.28. The Hall–Kier alpha value is -0.280. The first-order valence-electron chi connectivity index (χ1n) is 5.92. The highest BCUT2D eigenvalue weighted by atomic mass is 35.5. The first kappa shape index (κ1) is 13.8. The highest BCUT2D eigenvalue weighted by Crippen LogP contribution is 2.18. The Bertz CT molecular complexity index is 347. The van der Waals surface area contributed by atoms with Crippen LogP contribution in [0.5, 0.6) is 0 Å². The number of rotatable bonds is 7. The van der Waals surface area contributed by atoms with Crippen LogP contribution in [0.4, 0.5) is 0 Å². The van der Waals surface area contributed by atoms with E-state index in [2.05, 4.69) is 18.2 Å². The summed E-state index contributed by atoms with van der Waals surface area (Å²) in [5, 5.41) is 2.22. The lowest BCUT2D eigenvalue weighted by Gasteiger charge is -2.12. The Morgan fingerprint density at radius 3 is 2.75 bits per heavy atom. The molecule has 2 nitrogen and oxygen atoms in total. The normalized spacial score (nSPS) is 14.9. The molecule has 0 fully saturated rings. The topological polar surface area (TPSA) is 32.9 Å². The molecule has 0 amide bonds. The second-order valence-corrected chi connectivity index (χ2v) is 5.76. The van der Waals surface area contributed by atoms with Gasteiger partial charge in [-0.2, -0.15) is 0 Å². The molecule has 0 aliphatic carbocycles. The standard InChI is InChI=1S/C12H20ClNOS/c1-3-4-11(13)6-5-9(2)7-10-8-16-14-12(10)15/h8-9,11H,3-7H2,1-2H3,(H,14,15). The molecule has 1 heterocycles. The predicted molar refractivity (Wildman–Crippen MR) is 71.6 cm³/mol. The van der Waals surface area contributed by atoms with Crippen molar-refractivity contribution in [3.8, 4) is 0 Å². The molecule has 92 valence electrons. The second kappa shape index (κ2) is 7.13. The fraction of sp³-hybridized carbons (Fsp3) is 0.750. The van der Waals surface area contributed by atoms with E-state index in [9.17, 15) is 4.79 Å². The molecular formula is C12H20ClNOS. The first-order valence-corrected chi connectivity index (χ1v) is 7.24. The number of aromatic amines is 1. The predicted octanol–water partition coefficient (Wildman–Crippen LogP) is 3.80. The van der Waals surface area contributed by atoms with E-state index in [4.69, 9.17) is 11.6 Å². The maximum Gasteiger partial charge on any atom is 0.261 e. The fourth-order valence-electron chi connectivity index (χ4n) is 1.81. The first-order chi connectivity index (χ1) is 7.63. The van der Waals surface area contributed by atoms with E-state index >= 15 is 0 Å². The quantitative estimate of drug-likeness (QED) is 0.744. The van der Waals surface area contributed by atoms with Crippen molar-refractivity contribution in [3.63, 3.8) is 0 Å². The molecule has 2 atom stereocenters. The number of aromatic nitrogens is 1. The van der Waals surface area contributed by atoms with Crippen LogP contribution in [0, 0.1) is 5.92 Å². The van der Waals surface area contributed by atoms with Gasteiger partial charge in [-0.3, -0.25) is 9.17 Å². The molecule has 4 heteroatoms. The molecule has 0 aliphatic heterocycles. The van der Waals surface area contributed by atoms with Gasteiger partial charge in [-0.25, -0.2) is 0 Å². The van der Waals surface area contributed by atoms with Crippen LogP contribution in [-0.2, 0) is 6.42 Å². The van der Waals surface area contributed by atoms with E-state index < -0.39 is 0 Å². The molecule has 0 saturated heterocycles. The highest BCUT2D eigenvalue weighted by molar-refractivity contribution is 7.03. The van der Waals surface area contributed by atoms with Crippen molar-refractivity contribution >= 4 is 23.1 Å². The molecule has 0 aromatic carbocycles. The molecule has 0 radical (unpaired) electrons. The maximum atomic E-state index is 11.3. The van der Waals surface area contributed by atoms with Crippen molar-refractivity contribution in [1.82, 2.24) is 4.37 Å². The number of nitrogens with one attached hydrogen (secondary N) is 1. The van der Waals surface area contributed by atoms with E-state index in [-0.39, 0.29) is 5.56 Å². The van der Waals surface area contributed by atoms with Gasteiger partial charge in [0.2, 0.25) is 0 Å². The van der Waals surface area contributed by atoms with Gasteiger partial charge in [-0.05, 0) is 31.6 Å². The monoisotopic (exact) mass is 261 g/mol. The third-order valence-electron chi connectivity index (χ3n) is 2.79. The van der Waals surface area contributed by atoms with Crippen molar-refractivity contribution in [1.29, 1.82) is 0 Å². The lowest BCUT2D eigenvalue weighted by atomic mass is 9.97. The molecule has 0 bridgehead atoms. The molecule has 1 aromatic heterocycles. The summed E-state index contributed by atoms with van der Waals surface area (Å²) in [7, 11) is 0. The number of hydrogen-bond acceptors (Lipinski definition) is 2. The minimum Gasteiger partial charge on any atom is -0.278 e. The Morgan fingerprint density at radius 2 is 2.19 bits per heavy atom. The molecule has 0 aliphatic rings. The van der Waals surface area contributed by atoms with Crippen molar-refractivity contribution in [3.05, 3.63) is 21.3 Å². The zero-order valence-corrected chi connectivity index (χ0v) is 11.5. The van der Waals surface area contributed by atoms with Crippen molar-refractivity contribution < 1.29 is 0 Å². The summed E-state index contributed by atoms with van der Waals surface area (Å²) in [6.07, 6.45) is 5.26. The largest absolute Gasteiger partial charge is 0.278 e. The number of alkyl halides is 1. The number of hydrogen-bond donors (Lipinski definition) is 1. The Labute approximate surface area is 106 Å². The van der Waals surface area contributed by atoms with Gasteiger partial charge in [0.25, 0.3) is 5.56 Å². The summed E-state index contributed by atoms with van der Waals surface area (Å²) >= 11 is 7.55. The van der Waals surface area contributed by atoms with Gasteiger partial charge in [0.1, 0.15) is 0 Å². The molecule has 2 unspecified atom stereocenters. The third kappa shape index (κ3) is 4.71. The van der Waals surface area contributed by atoms with Crippen molar-refractivity contribution in [2.45, 2.75) is 51.3 Å². The Kier molecular flexibility index (Phi) is 6.14. The van der Waals surface area contributed by atoms with Gasteiger partial charge in [0, 0.05) is 16.3 Å². The molecule has 0 spiro atoms. The lowest BCUT2D eigenvalue weighted by Crippen LogP contribution is -2.11. The number of H-pyrrole nitrogens is 1. The third-order valence-corrected chi connectivity index (χ3v) is 3.93. The minimum atomic E-state index is 0.0767. The smallest absolute Gasteiger partial charge is 0.261 e. The fourth-order valence-corrected chi connectivity index (χ4v) is 2.80. The summed E-state index contributed by atoms with van der Waals surface area (Å²) in [6.45, 7) is 4.34. The average Bonchev–Trinajstić information content (AvgIpc) is 2.62. The Morgan fingerprint density at radius 1 is 1.44 bits per heavy atom. The van der Waals surface area contributed by atoms with Gasteiger partial charge in [0.15, 0.2) is 0 Å². The minimum absolute atomic E-state index is 0.0767. The van der Waals surface area contributed by atoms with Crippen LogP contribution in [0.1, 0.15) is 45.1 Å². The summed E-state index contributed by atoms with van der Waals surface area (Å²) < 4.78 is 2.72. The van der Waals surface area contributed by atoms with Crippen LogP contribution in [0.15, 0.2) is 10.2 Å². The summed E-state index contributed by atoms with van der Waals surface area (Å²) in [4.78, 5) is 11.3. The van der Waals surface area contributed by atoms with Crippen LogP contribution in [-0.4, -0.2) is 9.75 Å². The van der Waals surface area contributed by atoms with Crippen molar-refractivity contribution in [2.24, 2.45) is 5.92 Å². The summed E-state index contributed by atoms with van der Waals surface area (Å²) in [5.41, 5.74) is 0.993. The van der Waals surface area contributed by atoms with Gasteiger partial charge < -0.3 is 0 Å². The molecule has 0 saturated carbocycles. The SMILES string of the molecule is CCCC(Cl)CCC(C)Cc1cs[nH]c1=O. The van der Waals surface area contributed by atoms with E-state index in [1.54, 1.807) is 0 Å². The highest BCUT2D eigenvalue weighted by Gasteiger charge is 2.10. The van der Waals surface area contributed by atoms with E-state index in [0.29, 0.717) is 11.3 Å². The molecule has 16 heavy (non-hydrogen) atoms. The zero-order valence-electron chi connectivity index (χ0n) is 9.96. The van der Waals surface area contributed by atoms with Gasteiger partial charge in [-0.15, -0.1) is 11.6 Å². The van der Waals surface area contributed by atoms with Crippen LogP contribution in [0.3, 0.4) is 0 Å². The van der Waals surface area contributed by atoms with E-state index in [1.165, 1.54) is 11.5 Å². The van der Waals surface area contributed by atoms with Crippen molar-refractivity contribution in [2.75, 3.05) is 0 Å². The lowest BCUT2D eigenvalue weighted by molar-refractivity contribution is 0.490. The zero-order chi connectivity index (χ0) is 12.0. The summed E-state index contributed by atoms with van der Waals surface area (Å²) in [5.74, 6) is 0.536. The van der Waals surface area contributed by atoms with E-state index in [0.717, 1.165) is 37.7 Å². The maximum absolute atomic E-state index is 11.3. The van der Waals surface area contributed by atoms with Crippen LogP contribution in [0.25, 0.3) is 0 Å². The van der Waals surface area contributed by atoms with E-state index in [1.807, 2.05) is 5.38 Å². The van der Waals surface area contributed by atoms with Crippen LogP contribution in [0.2, 0.25) is 0 Å². The van der Waals surface area contributed by atoms with Crippen LogP contribution < -0.4 is 5.56 Å². The van der Waals surface area contributed by atoms with Gasteiger partial charge in [0.05, 0.1) is 0 Å². The molecule has 1 N–H and O–H groups in total. The molecule has 1 rings (SSSR count). The average molecular weight is 262 g/mol. The molecular weight excluding hydrogens is 242 g/mol. The van der Waals surface area contributed by atoms with Crippen LogP contribution >= 0.6 is 23.1 Å².